The maximum Gasteiger partial charge on any atom is 0.168 e. The van der Waals surface area contributed by atoms with E-state index < -0.39 is 0 Å². The molecule has 14 heavy (non-hydrogen) atoms. The first kappa shape index (κ1) is 12.0. The molecule has 1 fully saturated rings. The summed E-state index contributed by atoms with van der Waals surface area (Å²) in [6, 6.07) is 0. The van der Waals surface area contributed by atoms with Crippen molar-refractivity contribution in [1.29, 1.82) is 0 Å². The molecule has 1 aliphatic carbocycles. The van der Waals surface area contributed by atoms with Crippen LogP contribution in [0.25, 0.3) is 0 Å². The highest BCUT2D eigenvalue weighted by Gasteiger charge is 2.35. The summed E-state index contributed by atoms with van der Waals surface area (Å²) in [5.74, 6) is 0.363. The summed E-state index contributed by atoms with van der Waals surface area (Å²) < 4.78 is 16.3. The second kappa shape index (κ2) is 5.69. The van der Waals surface area contributed by atoms with E-state index in [1.807, 2.05) is 0 Å². The fourth-order valence-corrected chi connectivity index (χ4v) is 2.14. The first-order chi connectivity index (χ1) is 6.72. The zero-order chi connectivity index (χ0) is 10.4. The van der Waals surface area contributed by atoms with Crippen molar-refractivity contribution >= 4 is 0 Å². The van der Waals surface area contributed by atoms with Crippen LogP contribution in [0.4, 0.5) is 0 Å². The van der Waals surface area contributed by atoms with Gasteiger partial charge in [0.15, 0.2) is 5.79 Å². The van der Waals surface area contributed by atoms with Crippen molar-refractivity contribution in [3.05, 3.63) is 0 Å². The molecule has 0 amide bonds. The molecule has 0 aromatic carbocycles. The minimum Gasteiger partial charge on any atom is -0.382 e. The van der Waals surface area contributed by atoms with E-state index in [9.17, 15) is 0 Å². The summed E-state index contributed by atoms with van der Waals surface area (Å²) >= 11 is 0. The Morgan fingerprint density at radius 1 is 1.29 bits per heavy atom. The van der Waals surface area contributed by atoms with Gasteiger partial charge in [0.2, 0.25) is 0 Å². The Labute approximate surface area is 86.7 Å². The number of hydrogen-bond donors (Lipinski definition) is 0. The lowest BCUT2D eigenvalue weighted by Gasteiger charge is -2.38. The molecule has 0 aliphatic heterocycles. The molecule has 0 radical (unpaired) electrons. The van der Waals surface area contributed by atoms with Gasteiger partial charge in [-0.2, -0.15) is 0 Å². The standard InChI is InChI=1S/C11H22O3/c1-10-5-4-6-11(9-10,13-3)14-8-7-12-2/h10H,4-9H2,1-3H3. The van der Waals surface area contributed by atoms with Crippen LogP contribution in [0.1, 0.15) is 32.6 Å². The summed E-state index contributed by atoms with van der Waals surface area (Å²) in [5, 5.41) is 0. The Bertz CT molecular complexity index is 161. The molecule has 0 aromatic heterocycles. The fourth-order valence-electron chi connectivity index (χ4n) is 2.14. The highest BCUT2D eigenvalue weighted by Crippen LogP contribution is 2.35. The van der Waals surface area contributed by atoms with E-state index in [1.165, 1.54) is 12.8 Å². The number of hydrogen-bond acceptors (Lipinski definition) is 3. The SMILES string of the molecule is COCCOC1(OC)CCCC(C)C1. The molecule has 3 heteroatoms. The molecule has 3 nitrogen and oxygen atoms in total. The smallest absolute Gasteiger partial charge is 0.168 e. The van der Waals surface area contributed by atoms with E-state index in [0.29, 0.717) is 19.1 Å². The van der Waals surface area contributed by atoms with Crippen molar-refractivity contribution < 1.29 is 14.2 Å². The molecule has 0 spiro atoms. The fraction of sp³-hybridized carbons (Fsp3) is 1.00. The summed E-state index contributed by atoms with van der Waals surface area (Å²) in [4.78, 5) is 0. The van der Waals surface area contributed by atoms with Gasteiger partial charge in [-0.15, -0.1) is 0 Å². The maximum absolute atomic E-state index is 5.78. The van der Waals surface area contributed by atoms with Gasteiger partial charge in [0.05, 0.1) is 13.2 Å². The summed E-state index contributed by atoms with van der Waals surface area (Å²) in [6.07, 6.45) is 4.51. The van der Waals surface area contributed by atoms with E-state index in [-0.39, 0.29) is 5.79 Å². The lowest BCUT2D eigenvalue weighted by Crippen LogP contribution is -2.40. The zero-order valence-electron chi connectivity index (χ0n) is 9.54. The van der Waals surface area contributed by atoms with Gasteiger partial charge in [0.1, 0.15) is 0 Å². The van der Waals surface area contributed by atoms with Crippen molar-refractivity contribution in [2.75, 3.05) is 27.4 Å². The number of methoxy groups -OCH3 is 2. The Hall–Kier alpha value is -0.120. The van der Waals surface area contributed by atoms with Crippen molar-refractivity contribution in [3.63, 3.8) is 0 Å². The average Bonchev–Trinajstić information content (AvgIpc) is 2.18. The van der Waals surface area contributed by atoms with E-state index in [0.717, 1.165) is 12.8 Å². The molecular formula is C11H22O3. The Balaban J connectivity index is 2.39. The largest absolute Gasteiger partial charge is 0.382 e. The minimum atomic E-state index is -0.337. The molecule has 2 atom stereocenters. The molecule has 1 aliphatic rings. The molecule has 0 N–H and O–H groups in total. The lowest BCUT2D eigenvalue weighted by molar-refractivity contribution is -0.248. The predicted molar refractivity (Wildman–Crippen MR) is 55.2 cm³/mol. The third-order valence-corrected chi connectivity index (χ3v) is 2.94. The minimum absolute atomic E-state index is 0.337. The second-order valence-corrected chi connectivity index (χ2v) is 4.16. The van der Waals surface area contributed by atoms with E-state index in [4.69, 9.17) is 14.2 Å². The van der Waals surface area contributed by atoms with Gasteiger partial charge in [0.25, 0.3) is 0 Å². The van der Waals surface area contributed by atoms with Crippen LogP contribution in [-0.2, 0) is 14.2 Å². The van der Waals surface area contributed by atoms with Crippen molar-refractivity contribution in [1.82, 2.24) is 0 Å². The monoisotopic (exact) mass is 202 g/mol. The molecule has 0 heterocycles. The lowest BCUT2D eigenvalue weighted by atomic mass is 9.86. The van der Waals surface area contributed by atoms with Crippen LogP contribution >= 0.6 is 0 Å². The number of rotatable bonds is 5. The molecule has 84 valence electrons. The highest BCUT2D eigenvalue weighted by molar-refractivity contribution is 4.78. The van der Waals surface area contributed by atoms with E-state index >= 15 is 0 Å². The van der Waals surface area contributed by atoms with E-state index in [1.54, 1.807) is 14.2 Å². The molecular weight excluding hydrogens is 180 g/mol. The van der Waals surface area contributed by atoms with Gasteiger partial charge in [0, 0.05) is 27.1 Å². The first-order valence-electron chi connectivity index (χ1n) is 5.40. The van der Waals surface area contributed by atoms with Crippen molar-refractivity contribution in [3.8, 4) is 0 Å². The van der Waals surface area contributed by atoms with Gasteiger partial charge >= 0.3 is 0 Å². The predicted octanol–water partition coefficient (Wildman–Crippen LogP) is 2.20. The van der Waals surface area contributed by atoms with Gasteiger partial charge in [-0.25, -0.2) is 0 Å². The third-order valence-electron chi connectivity index (χ3n) is 2.94. The van der Waals surface area contributed by atoms with Crippen LogP contribution in [0.5, 0.6) is 0 Å². The molecule has 1 rings (SSSR count). The first-order valence-corrected chi connectivity index (χ1v) is 5.40. The van der Waals surface area contributed by atoms with E-state index in [2.05, 4.69) is 6.92 Å². The topological polar surface area (TPSA) is 27.7 Å². The summed E-state index contributed by atoms with van der Waals surface area (Å²) in [6.45, 7) is 3.52. The molecule has 0 aromatic rings. The van der Waals surface area contributed by atoms with Gasteiger partial charge in [-0.3, -0.25) is 0 Å². The van der Waals surface area contributed by atoms with Gasteiger partial charge < -0.3 is 14.2 Å². The summed E-state index contributed by atoms with van der Waals surface area (Å²) in [5.41, 5.74) is 0. The van der Waals surface area contributed by atoms with Gasteiger partial charge in [-0.05, 0) is 12.3 Å². The summed E-state index contributed by atoms with van der Waals surface area (Å²) in [7, 11) is 3.43. The van der Waals surface area contributed by atoms with Crippen LogP contribution in [0, 0.1) is 5.92 Å². The van der Waals surface area contributed by atoms with Crippen LogP contribution in [0.15, 0.2) is 0 Å². The maximum atomic E-state index is 5.78. The Morgan fingerprint density at radius 3 is 2.64 bits per heavy atom. The number of ether oxygens (including phenoxy) is 3. The van der Waals surface area contributed by atoms with Crippen LogP contribution in [0.3, 0.4) is 0 Å². The molecule has 0 saturated heterocycles. The molecule has 0 bridgehead atoms. The molecule has 2 unspecified atom stereocenters. The third kappa shape index (κ3) is 3.23. The van der Waals surface area contributed by atoms with Gasteiger partial charge in [-0.1, -0.05) is 13.3 Å². The quantitative estimate of drug-likeness (QED) is 0.505. The van der Waals surface area contributed by atoms with Crippen molar-refractivity contribution in [2.45, 2.75) is 38.4 Å². The highest BCUT2D eigenvalue weighted by atomic mass is 16.7. The average molecular weight is 202 g/mol. The van der Waals surface area contributed by atoms with Crippen LogP contribution < -0.4 is 0 Å². The van der Waals surface area contributed by atoms with Crippen molar-refractivity contribution in [2.24, 2.45) is 5.92 Å². The Morgan fingerprint density at radius 2 is 2.07 bits per heavy atom. The Kier molecular flexibility index (Phi) is 4.85. The normalized spacial score (nSPS) is 33.2. The van der Waals surface area contributed by atoms with Crippen LogP contribution in [-0.4, -0.2) is 33.2 Å². The molecule has 1 saturated carbocycles. The van der Waals surface area contributed by atoms with Crippen LogP contribution in [0.2, 0.25) is 0 Å². The zero-order valence-corrected chi connectivity index (χ0v) is 9.54. The second-order valence-electron chi connectivity index (χ2n) is 4.16.